The first-order chi connectivity index (χ1) is 9.20. The SMILES string of the molecule is CCCCNC(=O)c1cc(-c2ccc(Br)cc2)on1. The summed E-state index contributed by atoms with van der Waals surface area (Å²) in [6.45, 7) is 2.74. The van der Waals surface area contributed by atoms with Crippen molar-refractivity contribution in [2.45, 2.75) is 19.8 Å². The maximum atomic E-state index is 11.8. The molecule has 1 N–H and O–H groups in total. The third-order valence-corrected chi connectivity index (χ3v) is 3.22. The van der Waals surface area contributed by atoms with Crippen LogP contribution < -0.4 is 5.32 Å². The summed E-state index contributed by atoms with van der Waals surface area (Å²) in [5.74, 6) is 0.397. The second-order valence-electron chi connectivity index (χ2n) is 4.19. The molecule has 4 nitrogen and oxygen atoms in total. The molecular weight excluding hydrogens is 308 g/mol. The van der Waals surface area contributed by atoms with Gasteiger partial charge in [-0.15, -0.1) is 0 Å². The number of nitrogens with zero attached hydrogens (tertiary/aromatic N) is 1. The molecule has 0 fully saturated rings. The van der Waals surface area contributed by atoms with E-state index < -0.39 is 0 Å². The van der Waals surface area contributed by atoms with Crippen LogP contribution in [0, 0.1) is 0 Å². The Hall–Kier alpha value is -1.62. The maximum absolute atomic E-state index is 11.8. The largest absolute Gasteiger partial charge is 0.355 e. The average Bonchev–Trinajstić information content (AvgIpc) is 2.89. The van der Waals surface area contributed by atoms with Gasteiger partial charge in [0.2, 0.25) is 0 Å². The topological polar surface area (TPSA) is 55.1 Å². The molecule has 2 rings (SSSR count). The molecule has 0 spiro atoms. The van der Waals surface area contributed by atoms with Gasteiger partial charge >= 0.3 is 0 Å². The van der Waals surface area contributed by atoms with Crippen molar-refractivity contribution in [2.75, 3.05) is 6.54 Å². The number of carbonyl (C=O) groups is 1. The first kappa shape index (κ1) is 13.8. The zero-order valence-corrected chi connectivity index (χ0v) is 12.2. The van der Waals surface area contributed by atoms with Crippen molar-refractivity contribution < 1.29 is 9.32 Å². The van der Waals surface area contributed by atoms with Crippen molar-refractivity contribution >= 4 is 21.8 Å². The van der Waals surface area contributed by atoms with E-state index in [4.69, 9.17) is 4.52 Å². The summed E-state index contributed by atoms with van der Waals surface area (Å²) in [6, 6.07) is 9.30. The lowest BCUT2D eigenvalue weighted by molar-refractivity contribution is 0.0944. The van der Waals surface area contributed by atoms with Crippen LogP contribution in [0.4, 0.5) is 0 Å². The average molecular weight is 323 g/mol. The summed E-state index contributed by atoms with van der Waals surface area (Å²) in [5.41, 5.74) is 1.21. The van der Waals surface area contributed by atoms with Gasteiger partial charge in [-0.05, 0) is 18.6 Å². The highest BCUT2D eigenvalue weighted by atomic mass is 79.9. The Morgan fingerprint density at radius 2 is 2.11 bits per heavy atom. The number of unbranched alkanes of at least 4 members (excludes halogenated alkanes) is 1. The van der Waals surface area contributed by atoms with Crippen LogP contribution in [0.25, 0.3) is 11.3 Å². The van der Waals surface area contributed by atoms with Crippen LogP contribution in [0.5, 0.6) is 0 Å². The number of amides is 1. The van der Waals surface area contributed by atoms with Crippen molar-refractivity contribution in [1.82, 2.24) is 10.5 Å². The smallest absolute Gasteiger partial charge is 0.273 e. The molecule has 5 heteroatoms. The number of hydrogen-bond donors (Lipinski definition) is 1. The third kappa shape index (κ3) is 3.67. The van der Waals surface area contributed by atoms with E-state index in [1.54, 1.807) is 6.07 Å². The van der Waals surface area contributed by atoms with Gasteiger partial charge < -0.3 is 9.84 Å². The monoisotopic (exact) mass is 322 g/mol. The van der Waals surface area contributed by atoms with Gasteiger partial charge in [0.25, 0.3) is 5.91 Å². The van der Waals surface area contributed by atoms with Crippen LogP contribution in [0.3, 0.4) is 0 Å². The second kappa shape index (κ2) is 6.52. The second-order valence-corrected chi connectivity index (χ2v) is 5.11. The van der Waals surface area contributed by atoms with Crippen molar-refractivity contribution in [1.29, 1.82) is 0 Å². The molecule has 0 aliphatic rings. The molecule has 0 aliphatic heterocycles. The van der Waals surface area contributed by atoms with E-state index in [9.17, 15) is 4.79 Å². The highest BCUT2D eigenvalue weighted by Gasteiger charge is 2.12. The van der Waals surface area contributed by atoms with Gasteiger partial charge in [0.1, 0.15) is 0 Å². The fourth-order valence-electron chi connectivity index (χ4n) is 1.60. The first-order valence-electron chi connectivity index (χ1n) is 6.21. The van der Waals surface area contributed by atoms with Crippen LogP contribution >= 0.6 is 15.9 Å². The van der Waals surface area contributed by atoms with E-state index in [1.807, 2.05) is 24.3 Å². The van der Waals surface area contributed by atoms with Crippen LogP contribution in [-0.4, -0.2) is 17.6 Å². The predicted octanol–water partition coefficient (Wildman–Crippen LogP) is 3.63. The van der Waals surface area contributed by atoms with Gasteiger partial charge in [0.05, 0.1) is 0 Å². The van der Waals surface area contributed by atoms with E-state index in [0.29, 0.717) is 18.0 Å². The molecular formula is C14H15BrN2O2. The van der Waals surface area contributed by atoms with Gasteiger partial charge in [-0.25, -0.2) is 0 Å². The number of nitrogens with one attached hydrogen (secondary N) is 1. The zero-order valence-electron chi connectivity index (χ0n) is 10.6. The number of benzene rings is 1. The molecule has 19 heavy (non-hydrogen) atoms. The maximum Gasteiger partial charge on any atom is 0.273 e. The molecule has 0 saturated carbocycles. The van der Waals surface area contributed by atoms with Crippen molar-refractivity contribution in [3.63, 3.8) is 0 Å². The Morgan fingerprint density at radius 3 is 2.79 bits per heavy atom. The minimum atomic E-state index is -0.194. The molecule has 100 valence electrons. The first-order valence-corrected chi connectivity index (χ1v) is 7.01. The molecule has 0 radical (unpaired) electrons. The van der Waals surface area contributed by atoms with Crippen LogP contribution in [0.1, 0.15) is 30.3 Å². The van der Waals surface area contributed by atoms with Gasteiger partial charge in [-0.3, -0.25) is 4.79 Å². The Kier molecular flexibility index (Phi) is 4.74. The molecule has 0 atom stereocenters. The minimum absolute atomic E-state index is 0.194. The third-order valence-electron chi connectivity index (χ3n) is 2.69. The minimum Gasteiger partial charge on any atom is -0.355 e. The zero-order chi connectivity index (χ0) is 13.7. The summed E-state index contributed by atoms with van der Waals surface area (Å²) < 4.78 is 6.19. The van der Waals surface area contributed by atoms with Gasteiger partial charge in [-0.1, -0.05) is 46.6 Å². The van der Waals surface area contributed by atoms with Crippen LogP contribution in [0.2, 0.25) is 0 Å². The van der Waals surface area contributed by atoms with E-state index in [0.717, 1.165) is 22.9 Å². The lowest BCUT2D eigenvalue weighted by atomic mass is 10.1. The lowest BCUT2D eigenvalue weighted by Crippen LogP contribution is -2.24. The van der Waals surface area contributed by atoms with Gasteiger partial charge in [0.15, 0.2) is 11.5 Å². The van der Waals surface area contributed by atoms with E-state index in [2.05, 4.69) is 33.3 Å². The highest BCUT2D eigenvalue weighted by Crippen LogP contribution is 2.22. The van der Waals surface area contributed by atoms with Crippen LogP contribution in [-0.2, 0) is 0 Å². The molecule has 0 saturated heterocycles. The van der Waals surface area contributed by atoms with Crippen molar-refractivity contribution in [3.05, 3.63) is 40.5 Å². The number of rotatable bonds is 5. The molecule has 1 aromatic carbocycles. The Bertz CT molecular complexity index is 549. The standard InChI is InChI=1S/C14H15BrN2O2/c1-2-3-8-16-14(18)12-9-13(19-17-12)10-4-6-11(15)7-5-10/h4-7,9H,2-3,8H2,1H3,(H,16,18). The molecule has 1 amide bonds. The molecule has 0 unspecified atom stereocenters. The Morgan fingerprint density at radius 1 is 1.37 bits per heavy atom. The van der Waals surface area contributed by atoms with Gasteiger partial charge in [-0.2, -0.15) is 0 Å². The fraction of sp³-hybridized carbons (Fsp3) is 0.286. The quantitative estimate of drug-likeness (QED) is 0.855. The van der Waals surface area contributed by atoms with Crippen molar-refractivity contribution in [3.8, 4) is 11.3 Å². The molecule has 2 aromatic rings. The molecule has 0 bridgehead atoms. The molecule has 0 aliphatic carbocycles. The van der Waals surface area contributed by atoms with E-state index >= 15 is 0 Å². The van der Waals surface area contributed by atoms with Crippen LogP contribution in [0.15, 0.2) is 39.3 Å². The predicted molar refractivity (Wildman–Crippen MR) is 76.9 cm³/mol. The van der Waals surface area contributed by atoms with E-state index in [-0.39, 0.29) is 5.91 Å². The molecule has 1 heterocycles. The Labute approximate surface area is 120 Å². The normalized spacial score (nSPS) is 10.4. The fourth-order valence-corrected chi connectivity index (χ4v) is 1.87. The summed E-state index contributed by atoms with van der Waals surface area (Å²) in [7, 11) is 0. The number of carbonyl (C=O) groups excluding carboxylic acids is 1. The van der Waals surface area contributed by atoms with Crippen molar-refractivity contribution in [2.24, 2.45) is 0 Å². The summed E-state index contributed by atoms with van der Waals surface area (Å²) in [4.78, 5) is 11.8. The highest BCUT2D eigenvalue weighted by molar-refractivity contribution is 9.10. The Balaban J connectivity index is 2.06. The summed E-state index contributed by atoms with van der Waals surface area (Å²) in [5, 5.41) is 6.60. The summed E-state index contributed by atoms with van der Waals surface area (Å²) in [6.07, 6.45) is 2.01. The number of halogens is 1. The lowest BCUT2D eigenvalue weighted by Gasteiger charge is -1.99. The van der Waals surface area contributed by atoms with Gasteiger partial charge in [0, 0.05) is 22.6 Å². The van der Waals surface area contributed by atoms with E-state index in [1.165, 1.54) is 0 Å². The molecule has 1 aromatic heterocycles. The summed E-state index contributed by atoms with van der Waals surface area (Å²) >= 11 is 3.37. The number of aromatic nitrogens is 1. The number of hydrogen-bond acceptors (Lipinski definition) is 3.